The number of esters is 2. The lowest BCUT2D eigenvalue weighted by Gasteiger charge is -2.25. The van der Waals surface area contributed by atoms with Crippen molar-refractivity contribution in [2.75, 3.05) is 14.2 Å². The molecule has 0 amide bonds. The summed E-state index contributed by atoms with van der Waals surface area (Å²) in [5.74, 6) is 0.714. The summed E-state index contributed by atoms with van der Waals surface area (Å²) in [4.78, 5) is 44.2. The molecule has 42 heavy (non-hydrogen) atoms. The standard InChI is InChI=1S/C32H30N2O7S/c1-17(2)40-31(37)27-19(4)33-32-34(28(27)20-8-7-9-22(15-20)38-5)29(35)26(42-32)16-23-11-13-25(41-23)24-12-10-21(14-18(24)3)30(36)39-6/h7-17,28H,1-6H3/b26-16-/t28-/m0/s1. The predicted molar refractivity (Wildman–Crippen MR) is 158 cm³/mol. The van der Waals surface area contributed by atoms with Crippen LogP contribution in [0, 0.1) is 6.92 Å². The van der Waals surface area contributed by atoms with Crippen LogP contribution in [-0.2, 0) is 14.3 Å². The van der Waals surface area contributed by atoms with E-state index in [0.29, 0.717) is 49.0 Å². The molecule has 0 unspecified atom stereocenters. The molecule has 0 spiro atoms. The molecule has 10 heteroatoms. The van der Waals surface area contributed by atoms with Crippen LogP contribution in [-0.4, -0.2) is 36.8 Å². The van der Waals surface area contributed by atoms with E-state index in [0.717, 1.165) is 11.1 Å². The van der Waals surface area contributed by atoms with Crippen molar-refractivity contribution in [2.45, 2.75) is 39.8 Å². The molecule has 0 radical (unpaired) electrons. The molecule has 0 fully saturated rings. The second-order valence-electron chi connectivity index (χ2n) is 10.0. The Bertz CT molecular complexity index is 1910. The molecule has 216 valence electrons. The van der Waals surface area contributed by atoms with Gasteiger partial charge in [0.25, 0.3) is 5.56 Å². The largest absolute Gasteiger partial charge is 0.497 e. The van der Waals surface area contributed by atoms with Gasteiger partial charge < -0.3 is 18.6 Å². The summed E-state index contributed by atoms with van der Waals surface area (Å²) in [7, 11) is 2.90. The Hall–Kier alpha value is -4.70. The lowest BCUT2D eigenvalue weighted by Crippen LogP contribution is -2.40. The van der Waals surface area contributed by atoms with Gasteiger partial charge in [-0.15, -0.1) is 0 Å². The third kappa shape index (κ3) is 5.45. The molecule has 1 atom stereocenters. The summed E-state index contributed by atoms with van der Waals surface area (Å²) < 4.78 is 23.8. The fourth-order valence-electron chi connectivity index (χ4n) is 4.88. The van der Waals surface area contributed by atoms with Crippen molar-refractivity contribution in [1.82, 2.24) is 4.57 Å². The number of carbonyl (C=O) groups is 2. The van der Waals surface area contributed by atoms with Crippen LogP contribution in [0.2, 0.25) is 0 Å². The molecule has 0 aliphatic carbocycles. The minimum Gasteiger partial charge on any atom is -0.497 e. The van der Waals surface area contributed by atoms with Crippen molar-refractivity contribution in [2.24, 2.45) is 4.99 Å². The smallest absolute Gasteiger partial charge is 0.338 e. The van der Waals surface area contributed by atoms with Crippen molar-refractivity contribution < 1.29 is 28.2 Å². The number of hydrogen-bond acceptors (Lipinski definition) is 9. The normalized spacial score (nSPS) is 14.9. The van der Waals surface area contributed by atoms with E-state index in [1.807, 2.05) is 25.1 Å². The molecule has 0 N–H and O–H groups in total. The maximum Gasteiger partial charge on any atom is 0.338 e. The fourth-order valence-corrected chi connectivity index (χ4v) is 5.90. The molecule has 9 nitrogen and oxygen atoms in total. The van der Waals surface area contributed by atoms with Crippen molar-refractivity contribution in [3.63, 3.8) is 0 Å². The second kappa shape index (κ2) is 11.7. The van der Waals surface area contributed by atoms with E-state index < -0.39 is 18.0 Å². The van der Waals surface area contributed by atoms with E-state index in [4.69, 9.17) is 18.6 Å². The van der Waals surface area contributed by atoms with Crippen LogP contribution in [0.5, 0.6) is 5.75 Å². The van der Waals surface area contributed by atoms with E-state index in [-0.39, 0.29) is 11.7 Å². The summed E-state index contributed by atoms with van der Waals surface area (Å²) in [6, 6.07) is 15.3. The third-order valence-electron chi connectivity index (χ3n) is 6.81. The molecule has 0 bridgehead atoms. The number of rotatable bonds is 7. The summed E-state index contributed by atoms with van der Waals surface area (Å²) in [6.07, 6.45) is 1.32. The zero-order valence-corrected chi connectivity index (χ0v) is 24.9. The Morgan fingerprint density at radius 1 is 1.05 bits per heavy atom. The first-order chi connectivity index (χ1) is 20.1. The lowest BCUT2D eigenvalue weighted by molar-refractivity contribution is -0.143. The van der Waals surface area contributed by atoms with Gasteiger partial charge in [-0.1, -0.05) is 29.5 Å². The van der Waals surface area contributed by atoms with Gasteiger partial charge in [-0.3, -0.25) is 9.36 Å². The van der Waals surface area contributed by atoms with E-state index in [1.54, 1.807) is 70.4 Å². The number of aryl methyl sites for hydroxylation is 1. The van der Waals surface area contributed by atoms with Gasteiger partial charge in [0.1, 0.15) is 17.3 Å². The number of nitrogens with zero attached hydrogens (tertiary/aromatic N) is 2. The molecule has 3 heterocycles. The first-order valence-electron chi connectivity index (χ1n) is 13.3. The predicted octanol–water partition coefficient (Wildman–Crippen LogP) is 4.55. The summed E-state index contributed by atoms with van der Waals surface area (Å²) in [5.41, 5.74) is 3.25. The first-order valence-corrected chi connectivity index (χ1v) is 14.1. The summed E-state index contributed by atoms with van der Waals surface area (Å²) >= 11 is 1.21. The Kier molecular flexibility index (Phi) is 8.00. The fraction of sp³-hybridized carbons (Fsp3) is 0.250. The molecule has 2 aromatic carbocycles. The molecule has 0 saturated heterocycles. The number of hydrogen-bond donors (Lipinski definition) is 0. The molecule has 4 aromatic rings. The summed E-state index contributed by atoms with van der Waals surface area (Å²) in [5, 5.41) is 0. The molecule has 1 aliphatic heterocycles. The van der Waals surface area contributed by atoms with Crippen LogP contribution in [0.25, 0.3) is 17.4 Å². The minimum atomic E-state index is -0.757. The quantitative estimate of drug-likeness (QED) is 0.292. The highest BCUT2D eigenvalue weighted by Gasteiger charge is 2.34. The highest BCUT2D eigenvalue weighted by molar-refractivity contribution is 7.07. The average Bonchev–Trinajstić information content (AvgIpc) is 3.55. The maximum atomic E-state index is 13.9. The minimum absolute atomic E-state index is 0.294. The topological polar surface area (TPSA) is 109 Å². The number of benzene rings is 2. The van der Waals surface area contributed by atoms with Crippen molar-refractivity contribution in [3.8, 4) is 17.1 Å². The van der Waals surface area contributed by atoms with Gasteiger partial charge in [0, 0.05) is 11.6 Å². The monoisotopic (exact) mass is 586 g/mol. The van der Waals surface area contributed by atoms with Gasteiger partial charge in [-0.05, 0) is 75.2 Å². The molecule has 5 rings (SSSR count). The number of fused-ring (bicyclic) bond motifs is 1. The Morgan fingerprint density at radius 2 is 1.83 bits per heavy atom. The van der Waals surface area contributed by atoms with E-state index in [9.17, 15) is 14.4 Å². The van der Waals surface area contributed by atoms with Crippen molar-refractivity contribution in [3.05, 3.63) is 108 Å². The van der Waals surface area contributed by atoms with E-state index in [1.165, 1.54) is 23.0 Å². The van der Waals surface area contributed by atoms with Gasteiger partial charge in [0.15, 0.2) is 4.80 Å². The van der Waals surface area contributed by atoms with Crippen LogP contribution in [0.15, 0.2) is 80.1 Å². The average molecular weight is 587 g/mol. The highest BCUT2D eigenvalue weighted by atomic mass is 32.1. The number of carbonyl (C=O) groups excluding carboxylic acids is 2. The van der Waals surface area contributed by atoms with Crippen LogP contribution < -0.4 is 19.6 Å². The summed E-state index contributed by atoms with van der Waals surface area (Å²) in [6.45, 7) is 7.17. The van der Waals surface area contributed by atoms with E-state index in [2.05, 4.69) is 4.99 Å². The van der Waals surface area contributed by atoms with Crippen LogP contribution >= 0.6 is 11.3 Å². The van der Waals surface area contributed by atoms with Crippen molar-refractivity contribution >= 4 is 29.4 Å². The van der Waals surface area contributed by atoms with Gasteiger partial charge in [-0.25, -0.2) is 14.6 Å². The molecular formula is C32H30N2O7S. The SMILES string of the molecule is COC(=O)c1ccc(-c2ccc(/C=c3\sc4n(c3=O)[C@@H](c3cccc(OC)c3)C(C(=O)OC(C)C)=C(C)N=4)o2)c(C)c1. The Balaban J connectivity index is 1.60. The van der Waals surface area contributed by atoms with Crippen LogP contribution in [0.1, 0.15) is 54.1 Å². The van der Waals surface area contributed by atoms with Crippen LogP contribution in [0.3, 0.4) is 0 Å². The number of aromatic nitrogens is 1. The number of allylic oxidation sites excluding steroid dienone is 1. The maximum absolute atomic E-state index is 13.9. The number of methoxy groups -OCH3 is 2. The van der Waals surface area contributed by atoms with Gasteiger partial charge in [0.2, 0.25) is 0 Å². The highest BCUT2D eigenvalue weighted by Crippen LogP contribution is 2.33. The zero-order valence-electron chi connectivity index (χ0n) is 24.1. The zero-order chi connectivity index (χ0) is 30.1. The third-order valence-corrected chi connectivity index (χ3v) is 7.79. The lowest BCUT2D eigenvalue weighted by atomic mass is 9.95. The van der Waals surface area contributed by atoms with Crippen molar-refractivity contribution in [1.29, 1.82) is 0 Å². The molecular weight excluding hydrogens is 556 g/mol. The van der Waals surface area contributed by atoms with Gasteiger partial charge in [-0.2, -0.15) is 0 Å². The molecule has 2 aromatic heterocycles. The van der Waals surface area contributed by atoms with Gasteiger partial charge >= 0.3 is 11.9 Å². The van der Waals surface area contributed by atoms with E-state index >= 15 is 0 Å². The second-order valence-corrected chi connectivity index (χ2v) is 11.0. The first kappa shape index (κ1) is 28.8. The van der Waals surface area contributed by atoms with Crippen LogP contribution in [0.4, 0.5) is 0 Å². The molecule has 1 aliphatic rings. The number of ether oxygens (including phenoxy) is 3. The number of thiazole rings is 1. The number of furan rings is 1. The Morgan fingerprint density at radius 3 is 2.52 bits per heavy atom. The van der Waals surface area contributed by atoms with Gasteiger partial charge in [0.05, 0.1) is 47.7 Å². The Labute approximate surface area is 246 Å². The molecule has 0 saturated carbocycles.